The van der Waals surface area contributed by atoms with E-state index in [0.29, 0.717) is 5.69 Å². The summed E-state index contributed by atoms with van der Waals surface area (Å²) in [4.78, 5) is 12.0. The van der Waals surface area contributed by atoms with E-state index in [-0.39, 0.29) is 12.2 Å². The number of anilines is 1. The van der Waals surface area contributed by atoms with Gasteiger partial charge in [0, 0.05) is 5.69 Å². The van der Waals surface area contributed by atoms with Gasteiger partial charge in [0.25, 0.3) is 0 Å². The zero-order chi connectivity index (χ0) is 17.4. The van der Waals surface area contributed by atoms with Crippen LogP contribution in [0, 0.1) is 20.8 Å². The Hall–Kier alpha value is -2.02. The highest BCUT2D eigenvalue weighted by Crippen LogP contribution is 2.35. The summed E-state index contributed by atoms with van der Waals surface area (Å²) >= 11 is 5.65. The molecule has 0 bridgehead atoms. The van der Waals surface area contributed by atoms with E-state index in [4.69, 9.17) is 11.6 Å². The zero-order valence-electron chi connectivity index (χ0n) is 12.8. The lowest BCUT2D eigenvalue weighted by Crippen LogP contribution is -2.20. The lowest BCUT2D eigenvalue weighted by atomic mass is 10.1. The van der Waals surface area contributed by atoms with Crippen LogP contribution < -0.4 is 5.32 Å². The highest BCUT2D eigenvalue weighted by Gasteiger charge is 2.38. The van der Waals surface area contributed by atoms with Crippen molar-refractivity contribution < 1.29 is 18.0 Å². The molecule has 4 nitrogen and oxygen atoms in total. The van der Waals surface area contributed by atoms with Crippen molar-refractivity contribution in [3.05, 3.63) is 45.7 Å². The molecule has 0 aliphatic heterocycles. The molecule has 0 saturated carbocycles. The predicted molar refractivity (Wildman–Crippen MR) is 81.5 cm³/mol. The smallest absolute Gasteiger partial charge is 0.324 e. The van der Waals surface area contributed by atoms with E-state index in [2.05, 4.69) is 10.4 Å². The van der Waals surface area contributed by atoms with Gasteiger partial charge in [-0.15, -0.1) is 0 Å². The number of carbonyl (C=O) groups is 1. The molecule has 0 saturated heterocycles. The van der Waals surface area contributed by atoms with E-state index in [0.717, 1.165) is 15.8 Å². The molecule has 1 aromatic carbocycles. The van der Waals surface area contributed by atoms with Crippen LogP contribution in [0.25, 0.3) is 0 Å². The Labute approximate surface area is 136 Å². The highest BCUT2D eigenvalue weighted by molar-refractivity contribution is 6.32. The number of carbonyl (C=O) groups excluding carboxylic acids is 1. The number of aryl methyl sites for hydroxylation is 2. The first-order valence-electron chi connectivity index (χ1n) is 6.77. The molecule has 1 heterocycles. The maximum atomic E-state index is 12.7. The van der Waals surface area contributed by atoms with Crippen molar-refractivity contribution in [2.24, 2.45) is 0 Å². The van der Waals surface area contributed by atoms with Crippen molar-refractivity contribution >= 4 is 23.2 Å². The topological polar surface area (TPSA) is 46.9 Å². The Balaban J connectivity index is 2.16. The summed E-state index contributed by atoms with van der Waals surface area (Å²) in [6, 6.07) is 5.37. The molecule has 0 atom stereocenters. The number of benzene rings is 1. The molecule has 0 fully saturated rings. The molecule has 23 heavy (non-hydrogen) atoms. The van der Waals surface area contributed by atoms with Gasteiger partial charge in [-0.1, -0.05) is 17.7 Å². The van der Waals surface area contributed by atoms with Gasteiger partial charge in [-0.05, 0) is 44.0 Å². The predicted octanol–water partition coefficient (Wildman–Crippen LogP) is 4.12. The highest BCUT2D eigenvalue weighted by atomic mass is 35.5. The van der Waals surface area contributed by atoms with Crippen molar-refractivity contribution in [3.63, 3.8) is 0 Å². The quantitative estimate of drug-likeness (QED) is 0.909. The average Bonchev–Trinajstić information content (AvgIpc) is 2.71. The van der Waals surface area contributed by atoms with E-state index < -0.39 is 22.8 Å². The fraction of sp³-hybridized carbons (Fsp3) is 0.333. The maximum Gasteiger partial charge on any atom is 0.436 e. The molecule has 1 aromatic heterocycles. The van der Waals surface area contributed by atoms with E-state index in [1.165, 1.54) is 6.92 Å². The minimum absolute atomic E-state index is 0.0919. The summed E-state index contributed by atoms with van der Waals surface area (Å²) in [5.74, 6) is -0.482. The van der Waals surface area contributed by atoms with Crippen LogP contribution in [0.2, 0.25) is 5.02 Å². The molecule has 0 spiro atoms. The first kappa shape index (κ1) is 17.3. The molecule has 0 aliphatic rings. The average molecular weight is 346 g/mol. The Bertz CT molecular complexity index is 753. The van der Waals surface area contributed by atoms with Gasteiger partial charge in [0.1, 0.15) is 6.54 Å². The summed E-state index contributed by atoms with van der Waals surface area (Å²) < 4.78 is 39.2. The molecule has 0 aliphatic carbocycles. The van der Waals surface area contributed by atoms with Gasteiger partial charge in [-0.3, -0.25) is 9.48 Å². The zero-order valence-corrected chi connectivity index (χ0v) is 13.5. The molecule has 0 radical (unpaired) electrons. The molecule has 1 amide bonds. The molecule has 8 heteroatoms. The first-order chi connectivity index (χ1) is 10.6. The molecule has 124 valence electrons. The third-order valence-electron chi connectivity index (χ3n) is 3.49. The normalized spacial score (nSPS) is 11.6. The number of amides is 1. The van der Waals surface area contributed by atoms with Crippen LogP contribution in [0.15, 0.2) is 18.2 Å². The number of nitrogens with zero attached hydrogens (tertiary/aromatic N) is 2. The monoisotopic (exact) mass is 345 g/mol. The number of hydrogen-bond acceptors (Lipinski definition) is 2. The van der Waals surface area contributed by atoms with Crippen LogP contribution in [0.4, 0.5) is 18.9 Å². The standard InChI is InChI=1S/C15H15ClF3N3O/c1-8-4-5-11(6-9(8)2)20-12(23)7-22-10(3)13(16)14(21-22)15(17,18)19/h4-6H,7H2,1-3H3,(H,20,23). The second kappa shape index (κ2) is 6.23. The number of halogens is 4. The molecular formula is C15H15ClF3N3O. The molecule has 0 unspecified atom stereocenters. The summed E-state index contributed by atoms with van der Waals surface area (Å²) in [6.07, 6.45) is -4.66. The van der Waals surface area contributed by atoms with Crippen LogP contribution in [0.5, 0.6) is 0 Å². The van der Waals surface area contributed by atoms with E-state index in [1.54, 1.807) is 12.1 Å². The Morgan fingerprint density at radius 1 is 1.26 bits per heavy atom. The molecule has 2 rings (SSSR count). The lowest BCUT2D eigenvalue weighted by molar-refractivity contribution is -0.141. The van der Waals surface area contributed by atoms with E-state index in [9.17, 15) is 18.0 Å². The van der Waals surface area contributed by atoms with Crippen LogP contribution >= 0.6 is 11.6 Å². The molecular weight excluding hydrogens is 331 g/mol. The molecule has 1 N–H and O–H groups in total. The summed E-state index contributed by atoms with van der Waals surface area (Å²) in [5, 5.41) is 5.53. The number of nitrogens with one attached hydrogen (secondary N) is 1. The fourth-order valence-electron chi connectivity index (χ4n) is 2.02. The maximum absolute atomic E-state index is 12.7. The number of alkyl halides is 3. The third-order valence-corrected chi connectivity index (χ3v) is 3.94. The lowest BCUT2D eigenvalue weighted by Gasteiger charge is -2.08. The van der Waals surface area contributed by atoms with Crippen molar-refractivity contribution in [2.45, 2.75) is 33.5 Å². The van der Waals surface area contributed by atoms with E-state index in [1.807, 2.05) is 19.9 Å². The van der Waals surface area contributed by atoms with Gasteiger partial charge in [0.2, 0.25) is 5.91 Å². The van der Waals surface area contributed by atoms with Gasteiger partial charge in [0.15, 0.2) is 5.69 Å². The Kier molecular flexibility index (Phi) is 4.70. The van der Waals surface area contributed by atoms with Crippen molar-refractivity contribution in [1.29, 1.82) is 0 Å². The Morgan fingerprint density at radius 2 is 1.91 bits per heavy atom. The van der Waals surface area contributed by atoms with Crippen molar-refractivity contribution in [2.75, 3.05) is 5.32 Å². The SMILES string of the molecule is Cc1ccc(NC(=O)Cn2nc(C(F)(F)F)c(Cl)c2C)cc1C. The van der Waals surface area contributed by atoms with Gasteiger partial charge in [0.05, 0.1) is 10.7 Å². The van der Waals surface area contributed by atoms with E-state index >= 15 is 0 Å². The van der Waals surface area contributed by atoms with Crippen LogP contribution in [0.1, 0.15) is 22.5 Å². The van der Waals surface area contributed by atoms with Crippen molar-refractivity contribution in [1.82, 2.24) is 9.78 Å². The van der Waals surface area contributed by atoms with Crippen LogP contribution in [0.3, 0.4) is 0 Å². The Morgan fingerprint density at radius 3 is 2.43 bits per heavy atom. The minimum Gasteiger partial charge on any atom is -0.324 e. The van der Waals surface area contributed by atoms with Gasteiger partial charge in [-0.2, -0.15) is 18.3 Å². The first-order valence-corrected chi connectivity index (χ1v) is 7.14. The third kappa shape index (κ3) is 3.85. The molecule has 2 aromatic rings. The van der Waals surface area contributed by atoms with Gasteiger partial charge in [-0.25, -0.2) is 0 Å². The van der Waals surface area contributed by atoms with Crippen LogP contribution in [-0.4, -0.2) is 15.7 Å². The summed E-state index contributed by atoms with van der Waals surface area (Å²) in [6.45, 7) is 4.87. The number of hydrogen-bond donors (Lipinski definition) is 1. The second-order valence-corrected chi connectivity index (χ2v) is 5.63. The van der Waals surface area contributed by atoms with Crippen molar-refractivity contribution in [3.8, 4) is 0 Å². The number of rotatable bonds is 3. The largest absolute Gasteiger partial charge is 0.436 e. The van der Waals surface area contributed by atoms with Gasteiger partial charge < -0.3 is 5.32 Å². The fourth-order valence-corrected chi connectivity index (χ4v) is 2.26. The summed E-state index contributed by atoms with van der Waals surface area (Å²) in [7, 11) is 0. The second-order valence-electron chi connectivity index (χ2n) is 5.25. The number of aromatic nitrogens is 2. The van der Waals surface area contributed by atoms with Crippen LogP contribution in [-0.2, 0) is 17.5 Å². The van der Waals surface area contributed by atoms with Gasteiger partial charge >= 0.3 is 6.18 Å². The summed E-state index contributed by atoms with van der Waals surface area (Å²) in [5.41, 5.74) is 1.56. The minimum atomic E-state index is -4.66.